The molecule has 2 amide bonds. The molecule has 1 saturated carbocycles. The Morgan fingerprint density at radius 1 is 1.13 bits per heavy atom. The molecule has 0 radical (unpaired) electrons. The topological polar surface area (TPSA) is 71.5 Å². The number of carbonyl (C=O) groups is 2. The van der Waals surface area contributed by atoms with Crippen LogP contribution in [0, 0.1) is 17.2 Å². The van der Waals surface area contributed by atoms with Crippen molar-refractivity contribution < 1.29 is 45.1 Å². The lowest BCUT2D eigenvalue weighted by atomic mass is 9.91. The molecule has 1 aromatic heterocycles. The van der Waals surface area contributed by atoms with Crippen LogP contribution in [0.25, 0.3) is 0 Å². The molecule has 0 unspecified atom stereocenters. The van der Waals surface area contributed by atoms with Crippen LogP contribution in [0.4, 0.5) is 41.2 Å². The zero-order chi connectivity index (χ0) is 22.3. The fraction of sp³-hybridized carbons (Fsp3) is 0.588. The second-order valence-corrected chi connectivity index (χ2v) is 7.33. The highest BCUT2D eigenvalue weighted by Crippen LogP contribution is 2.59. The summed E-state index contributed by atoms with van der Waals surface area (Å²) in [6.45, 7) is -0.293. The number of nitrogens with zero attached hydrogens (tertiary/aromatic N) is 2. The second kappa shape index (κ2) is 7.58. The molecular formula is C17H16F7N3O3. The molecule has 1 atom stereocenters. The van der Waals surface area contributed by atoms with E-state index in [1.54, 1.807) is 0 Å². The molecule has 2 heterocycles. The molecule has 1 N–H and O–H groups in total. The number of rotatable bonds is 3. The number of carbonyl (C=O) groups excluding carboxylic acids is 2. The van der Waals surface area contributed by atoms with Gasteiger partial charge in [0.15, 0.2) is 0 Å². The normalized spacial score (nSPS) is 20.9. The number of piperidine rings is 1. The molecule has 1 aliphatic heterocycles. The Balaban J connectivity index is 1.54. The van der Waals surface area contributed by atoms with Crippen LogP contribution in [-0.4, -0.2) is 53.4 Å². The number of likely N-dealkylation sites (tertiary alicyclic amines) is 1. The quantitative estimate of drug-likeness (QED) is 0.720. The van der Waals surface area contributed by atoms with E-state index in [0.29, 0.717) is 6.42 Å². The molecule has 1 aliphatic carbocycles. The summed E-state index contributed by atoms with van der Waals surface area (Å²) in [5.74, 6) is -1.49. The summed E-state index contributed by atoms with van der Waals surface area (Å²) in [5, 5.41) is 2.51. The monoisotopic (exact) mass is 443 g/mol. The number of aromatic nitrogens is 1. The van der Waals surface area contributed by atoms with Gasteiger partial charge in [0, 0.05) is 25.1 Å². The van der Waals surface area contributed by atoms with Gasteiger partial charge in [0.2, 0.25) is 5.91 Å². The fourth-order valence-corrected chi connectivity index (χ4v) is 3.61. The summed E-state index contributed by atoms with van der Waals surface area (Å²) < 4.78 is 92.0. The molecule has 166 valence electrons. The minimum Gasteiger partial charge on any atom is -0.426 e. The maximum atomic E-state index is 13.1. The molecule has 2 fully saturated rings. The number of anilines is 1. The number of alkyl halides is 6. The van der Waals surface area contributed by atoms with E-state index in [9.17, 15) is 40.3 Å². The average Bonchev–Trinajstić information content (AvgIpc) is 3.31. The van der Waals surface area contributed by atoms with E-state index in [0.717, 1.165) is 17.2 Å². The van der Waals surface area contributed by atoms with Gasteiger partial charge in [-0.3, -0.25) is 9.78 Å². The van der Waals surface area contributed by atoms with Crippen molar-refractivity contribution in [3.8, 4) is 0 Å². The van der Waals surface area contributed by atoms with Crippen LogP contribution in [0.3, 0.4) is 0 Å². The Labute approximate surface area is 165 Å². The third-order valence-corrected chi connectivity index (χ3v) is 5.31. The first-order chi connectivity index (χ1) is 13.8. The van der Waals surface area contributed by atoms with Crippen LogP contribution in [0.1, 0.15) is 19.3 Å². The molecule has 1 aromatic rings. The Morgan fingerprint density at radius 2 is 1.73 bits per heavy atom. The van der Waals surface area contributed by atoms with Gasteiger partial charge in [0.25, 0.3) is 6.10 Å². The Hall–Kier alpha value is -2.60. The molecule has 1 saturated heterocycles. The zero-order valence-corrected chi connectivity index (χ0v) is 15.2. The maximum absolute atomic E-state index is 13.1. The first-order valence-corrected chi connectivity index (χ1v) is 8.82. The van der Waals surface area contributed by atoms with Gasteiger partial charge in [0.05, 0.1) is 18.1 Å². The first-order valence-electron chi connectivity index (χ1n) is 8.82. The van der Waals surface area contributed by atoms with Crippen molar-refractivity contribution in [2.45, 2.75) is 37.7 Å². The van der Waals surface area contributed by atoms with E-state index in [4.69, 9.17) is 0 Å². The van der Waals surface area contributed by atoms with Gasteiger partial charge in [0.1, 0.15) is 5.82 Å². The Kier molecular flexibility index (Phi) is 5.58. The van der Waals surface area contributed by atoms with Crippen molar-refractivity contribution in [3.05, 3.63) is 24.3 Å². The van der Waals surface area contributed by atoms with Crippen molar-refractivity contribution in [2.24, 2.45) is 11.3 Å². The van der Waals surface area contributed by atoms with Crippen molar-refractivity contribution >= 4 is 17.7 Å². The van der Waals surface area contributed by atoms with E-state index >= 15 is 0 Å². The van der Waals surface area contributed by atoms with Gasteiger partial charge < -0.3 is 15.0 Å². The Bertz CT molecular complexity index is 806. The van der Waals surface area contributed by atoms with Crippen LogP contribution in [0.2, 0.25) is 0 Å². The predicted octanol–water partition coefficient (Wildman–Crippen LogP) is 3.89. The number of nitrogens with one attached hydrogen (secondary N) is 1. The smallest absolute Gasteiger partial charge is 0.426 e. The minimum atomic E-state index is -5.78. The SMILES string of the molecule is O=C(Nc1cncc(F)c1)[C@@H]1CC12CCN(C(=O)OC(C(F)(F)F)C(F)(F)F)CC2. The van der Waals surface area contributed by atoms with Crippen molar-refractivity contribution in [1.29, 1.82) is 0 Å². The van der Waals surface area contributed by atoms with Crippen LogP contribution in [0.15, 0.2) is 18.5 Å². The highest BCUT2D eigenvalue weighted by atomic mass is 19.4. The lowest BCUT2D eigenvalue weighted by molar-refractivity contribution is -0.308. The van der Waals surface area contributed by atoms with Gasteiger partial charge in [-0.1, -0.05) is 0 Å². The van der Waals surface area contributed by atoms with Crippen LogP contribution in [0.5, 0.6) is 0 Å². The lowest BCUT2D eigenvalue weighted by Gasteiger charge is -2.33. The fourth-order valence-electron chi connectivity index (χ4n) is 3.61. The molecule has 2 aliphatic rings. The molecular weight excluding hydrogens is 427 g/mol. The number of hydrogen-bond acceptors (Lipinski definition) is 4. The van der Waals surface area contributed by atoms with Crippen LogP contribution in [-0.2, 0) is 9.53 Å². The summed E-state index contributed by atoms with van der Waals surface area (Å²) in [7, 11) is 0. The Morgan fingerprint density at radius 3 is 2.27 bits per heavy atom. The molecule has 13 heteroatoms. The van der Waals surface area contributed by atoms with E-state index in [2.05, 4.69) is 15.0 Å². The van der Waals surface area contributed by atoms with E-state index in [1.165, 1.54) is 6.20 Å². The molecule has 1 spiro atoms. The number of ether oxygens (including phenoxy) is 1. The standard InChI is InChI=1S/C17H16F7N3O3/c18-9-5-10(8-25-7-9)26-12(28)11-6-15(11)1-3-27(4-2-15)14(29)30-13(16(19,20)21)17(22,23)24/h5,7-8,11,13H,1-4,6H2,(H,26,28)/t11-/m0/s1. The van der Waals surface area contributed by atoms with Crippen LogP contribution < -0.4 is 5.32 Å². The molecule has 0 bridgehead atoms. The molecule has 3 rings (SSSR count). The number of pyridine rings is 1. The lowest BCUT2D eigenvalue weighted by Crippen LogP contribution is -2.49. The molecule has 6 nitrogen and oxygen atoms in total. The van der Waals surface area contributed by atoms with E-state index < -0.39 is 47.6 Å². The van der Waals surface area contributed by atoms with E-state index in [1.807, 2.05) is 0 Å². The van der Waals surface area contributed by atoms with Crippen molar-refractivity contribution in [1.82, 2.24) is 9.88 Å². The van der Waals surface area contributed by atoms with Gasteiger partial charge in [-0.25, -0.2) is 9.18 Å². The summed E-state index contributed by atoms with van der Waals surface area (Å²) >= 11 is 0. The predicted molar refractivity (Wildman–Crippen MR) is 86.6 cm³/mol. The second-order valence-electron chi connectivity index (χ2n) is 7.33. The number of amides is 2. The van der Waals surface area contributed by atoms with E-state index in [-0.39, 0.29) is 31.6 Å². The molecule has 0 aromatic carbocycles. The van der Waals surface area contributed by atoms with Crippen LogP contribution >= 0.6 is 0 Å². The minimum absolute atomic E-state index is 0.146. The summed E-state index contributed by atoms with van der Waals surface area (Å²) in [6, 6.07) is 1.08. The highest BCUT2D eigenvalue weighted by molar-refractivity contribution is 5.95. The molecule has 30 heavy (non-hydrogen) atoms. The van der Waals surface area contributed by atoms with Crippen molar-refractivity contribution in [3.63, 3.8) is 0 Å². The number of hydrogen-bond donors (Lipinski definition) is 1. The largest absolute Gasteiger partial charge is 0.434 e. The third kappa shape index (κ3) is 4.75. The highest BCUT2D eigenvalue weighted by Gasteiger charge is 2.61. The summed E-state index contributed by atoms with van der Waals surface area (Å²) in [5.41, 5.74) is -0.344. The van der Waals surface area contributed by atoms with Crippen molar-refractivity contribution in [2.75, 3.05) is 18.4 Å². The zero-order valence-electron chi connectivity index (χ0n) is 15.2. The van der Waals surface area contributed by atoms with Gasteiger partial charge in [-0.15, -0.1) is 0 Å². The van der Waals surface area contributed by atoms with Gasteiger partial charge >= 0.3 is 18.4 Å². The maximum Gasteiger partial charge on any atom is 0.434 e. The summed E-state index contributed by atoms with van der Waals surface area (Å²) in [6.07, 6.45) is -14.4. The van der Waals surface area contributed by atoms with Gasteiger partial charge in [-0.2, -0.15) is 26.3 Å². The summed E-state index contributed by atoms with van der Waals surface area (Å²) in [4.78, 5) is 28.5. The van der Waals surface area contributed by atoms with Gasteiger partial charge in [-0.05, 0) is 24.7 Å². The number of halogens is 7. The average molecular weight is 443 g/mol. The third-order valence-electron chi connectivity index (χ3n) is 5.31. The first kappa shape index (κ1) is 22.1.